The first-order chi connectivity index (χ1) is 13.7. The van der Waals surface area contributed by atoms with E-state index in [0.717, 1.165) is 35.9 Å². The van der Waals surface area contributed by atoms with Gasteiger partial charge in [-0.15, -0.1) is 0 Å². The highest BCUT2D eigenvalue weighted by Gasteiger charge is 2.50. The molecule has 140 valence electrons. The minimum Gasteiger partial charge on any atom is -0.492 e. The van der Waals surface area contributed by atoms with Gasteiger partial charge in [-0.1, -0.05) is 35.9 Å². The molecule has 0 bridgehead atoms. The minimum absolute atomic E-state index is 0.216. The number of hydrogen-bond acceptors (Lipinski definition) is 5. The number of para-hydroxylation sites is 1. The largest absolute Gasteiger partial charge is 0.492 e. The van der Waals surface area contributed by atoms with Crippen LogP contribution in [-0.2, 0) is 12.0 Å². The molecular formula is C22H17ClN2O3. The van der Waals surface area contributed by atoms with Gasteiger partial charge >= 0.3 is 0 Å². The SMILES string of the molecule is Clc1ccc(CN2CC3(COc4cc5c(cc43)OCO5)c3ccccc32)cn1. The van der Waals surface area contributed by atoms with E-state index in [1.54, 1.807) is 0 Å². The van der Waals surface area contributed by atoms with Crippen molar-refractivity contribution in [2.45, 2.75) is 12.0 Å². The number of hydrogen-bond donors (Lipinski definition) is 0. The van der Waals surface area contributed by atoms with Crippen LogP contribution in [0.5, 0.6) is 17.2 Å². The molecule has 0 radical (unpaired) electrons. The number of anilines is 1. The lowest BCUT2D eigenvalue weighted by Gasteiger charge is -2.25. The van der Waals surface area contributed by atoms with E-state index in [2.05, 4.69) is 40.2 Å². The molecule has 0 N–H and O–H groups in total. The molecule has 4 heterocycles. The molecule has 28 heavy (non-hydrogen) atoms. The Hall–Kier alpha value is -2.92. The van der Waals surface area contributed by atoms with Gasteiger partial charge in [0.15, 0.2) is 11.5 Å². The Balaban J connectivity index is 1.44. The molecule has 2 aromatic carbocycles. The third kappa shape index (κ3) is 2.23. The van der Waals surface area contributed by atoms with E-state index in [9.17, 15) is 0 Å². The molecule has 0 aliphatic carbocycles. The summed E-state index contributed by atoms with van der Waals surface area (Å²) in [5.74, 6) is 2.43. The predicted molar refractivity (Wildman–Crippen MR) is 106 cm³/mol. The number of benzene rings is 2. The van der Waals surface area contributed by atoms with Crippen LogP contribution < -0.4 is 19.1 Å². The Bertz CT molecular complexity index is 1090. The Morgan fingerprint density at radius 1 is 0.964 bits per heavy atom. The molecule has 0 saturated carbocycles. The van der Waals surface area contributed by atoms with E-state index in [4.69, 9.17) is 25.8 Å². The van der Waals surface area contributed by atoms with Gasteiger partial charge in [0.25, 0.3) is 0 Å². The summed E-state index contributed by atoms with van der Waals surface area (Å²) in [6, 6.07) is 16.5. The average molecular weight is 393 g/mol. The molecule has 1 spiro atoms. The lowest BCUT2D eigenvalue weighted by Crippen LogP contribution is -2.35. The molecule has 1 atom stereocenters. The number of ether oxygens (including phenoxy) is 3. The van der Waals surface area contributed by atoms with Crippen molar-refractivity contribution in [3.63, 3.8) is 0 Å². The van der Waals surface area contributed by atoms with Gasteiger partial charge in [-0.2, -0.15) is 0 Å². The van der Waals surface area contributed by atoms with Crippen LogP contribution in [0.25, 0.3) is 0 Å². The van der Waals surface area contributed by atoms with Gasteiger partial charge in [-0.25, -0.2) is 4.98 Å². The molecule has 0 saturated heterocycles. The fraction of sp³-hybridized carbons (Fsp3) is 0.227. The maximum atomic E-state index is 6.14. The summed E-state index contributed by atoms with van der Waals surface area (Å²) in [7, 11) is 0. The number of aromatic nitrogens is 1. The van der Waals surface area contributed by atoms with Crippen LogP contribution >= 0.6 is 11.6 Å². The molecule has 0 amide bonds. The summed E-state index contributed by atoms with van der Waals surface area (Å²) >= 11 is 5.95. The first-order valence-electron chi connectivity index (χ1n) is 9.25. The quantitative estimate of drug-likeness (QED) is 0.613. The Labute approximate surface area is 167 Å². The van der Waals surface area contributed by atoms with Gasteiger partial charge in [-0.3, -0.25) is 0 Å². The van der Waals surface area contributed by atoms with Crippen LogP contribution in [0, 0.1) is 0 Å². The summed E-state index contributed by atoms with van der Waals surface area (Å²) < 4.78 is 17.3. The number of rotatable bonds is 2. The van der Waals surface area contributed by atoms with Crippen LogP contribution in [-0.4, -0.2) is 24.9 Å². The van der Waals surface area contributed by atoms with Crippen molar-refractivity contribution in [2.75, 3.05) is 24.8 Å². The van der Waals surface area contributed by atoms with E-state index < -0.39 is 0 Å². The number of fused-ring (bicyclic) bond motifs is 5. The Morgan fingerprint density at radius 3 is 2.68 bits per heavy atom. The van der Waals surface area contributed by atoms with E-state index >= 15 is 0 Å². The van der Waals surface area contributed by atoms with Crippen LogP contribution in [0.3, 0.4) is 0 Å². The highest BCUT2D eigenvalue weighted by Crippen LogP contribution is 2.54. The minimum atomic E-state index is -0.216. The topological polar surface area (TPSA) is 43.8 Å². The third-order valence-corrected chi connectivity index (χ3v) is 6.07. The van der Waals surface area contributed by atoms with E-state index in [1.807, 2.05) is 24.4 Å². The lowest BCUT2D eigenvalue weighted by atomic mass is 9.77. The van der Waals surface area contributed by atoms with Gasteiger partial charge in [0.2, 0.25) is 6.79 Å². The molecule has 1 aromatic heterocycles. The van der Waals surface area contributed by atoms with Crippen molar-refractivity contribution < 1.29 is 14.2 Å². The summed E-state index contributed by atoms with van der Waals surface area (Å²) in [6.07, 6.45) is 1.84. The maximum absolute atomic E-state index is 6.14. The molecule has 3 aliphatic heterocycles. The van der Waals surface area contributed by atoms with Gasteiger partial charge in [0.05, 0.1) is 5.41 Å². The van der Waals surface area contributed by atoms with Crippen LogP contribution in [0.4, 0.5) is 5.69 Å². The Kier molecular flexibility index (Phi) is 3.32. The highest BCUT2D eigenvalue weighted by molar-refractivity contribution is 6.29. The van der Waals surface area contributed by atoms with E-state index in [0.29, 0.717) is 11.8 Å². The first kappa shape index (κ1) is 16.1. The summed E-state index contributed by atoms with van der Waals surface area (Å²) in [6.45, 7) is 2.47. The molecule has 5 nitrogen and oxygen atoms in total. The first-order valence-corrected chi connectivity index (χ1v) is 9.63. The van der Waals surface area contributed by atoms with Crippen molar-refractivity contribution in [3.8, 4) is 17.2 Å². The highest BCUT2D eigenvalue weighted by atomic mass is 35.5. The lowest BCUT2D eigenvalue weighted by molar-refractivity contribution is 0.173. The molecule has 3 aliphatic rings. The second kappa shape index (κ2) is 5.79. The molecule has 1 unspecified atom stereocenters. The summed E-state index contributed by atoms with van der Waals surface area (Å²) in [5, 5.41) is 0.510. The normalized spacial score (nSPS) is 21.0. The van der Waals surface area contributed by atoms with Crippen molar-refractivity contribution in [3.05, 3.63) is 76.6 Å². The van der Waals surface area contributed by atoms with Crippen LogP contribution in [0.1, 0.15) is 16.7 Å². The van der Waals surface area contributed by atoms with Gasteiger partial charge < -0.3 is 19.1 Å². The molecule has 6 heteroatoms. The maximum Gasteiger partial charge on any atom is 0.231 e. The number of halogens is 1. The second-order valence-electron chi connectivity index (χ2n) is 7.43. The van der Waals surface area contributed by atoms with Gasteiger partial charge in [0.1, 0.15) is 17.5 Å². The zero-order valence-electron chi connectivity index (χ0n) is 15.0. The monoisotopic (exact) mass is 392 g/mol. The number of pyridine rings is 1. The third-order valence-electron chi connectivity index (χ3n) is 5.85. The van der Waals surface area contributed by atoms with Crippen molar-refractivity contribution in [1.82, 2.24) is 4.98 Å². The number of nitrogens with zero attached hydrogens (tertiary/aromatic N) is 2. The smallest absolute Gasteiger partial charge is 0.231 e. The molecule has 6 rings (SSSR count). The molecular weight excluding hydrogens is 376 g/mol. The van der Waals surface area contributed by atoms with Crippen molar-refractivity contribution in [1.29, 1.82) is 0 Å². The zero-order valence-corrected chi connectivity index (χ0v) is 15.8. The standard InChI is InChI=1S/C22H17ClN2O3/c23-21-6-5-14(9-24-21)10-25-11-22(15-3-1-2-4-17(15)25)12-26-18-8-20-19(7-16(18)22)27-13-28-20/h1-9H,10-13H2. The average Bonchev–Trinajstić information content (AvgIpc) is 3.40. The molecule has 0 fully saturated rings. The second-order valence-corrected chi connectivity index (χ2v) is 7.82. The van der Waals surface area contributed by atoms with E-state index in [1.165, 1.54) is 16.8 Å². The fourth-order valence-electron chi connectivity index (χ4n) is 4.56. The predicted octanol–water partition coefficient (Wildman–Crippen LogP) is 4.16. The summed E-state index contributed by atoms with van der Waals surface area (Å²) in [4.78, 5) is 6.62. The van der Waals surface area contributed by atoms with Crippen LogP contribution in [0.2, 0.25) is 5.15 Å². The van der Waals surface area contributed by atoms with Gasteiger partial charge in [-0.05, 0) is 29.3 Å². The fourth-order valence-corrected chi connectivity index (χ4v) is 4.67. The van der Waals surface area contributed by atoms with Crippen molar-refractivity contribution >= 4 is 17.3 Å². The van der Waals surface area contributed by atoms with Crippen LogP contribution in [0.15, 0.2) is 54.7 Å². The van der Waals surface area contributed by atoms with Crippen molar-refractivity contribution in [2.24, 2.45) is 0 Å². The van der Waals surface area contributed by atoms with Gasteiger partial charge in [0, 0.05) is 36.6 Å². The Morgan fingerprint density at radius 2 is 1.82 bits per heavy atom. The zero-order chi connectivity index (χ0) is 18.7. The summed E-state index contributed by atoms with van der Waals surface area (Å²) in [5.41, 5.74) is 4.59. The van der Waals surface area contributed by atoms with E-state index in [-0.39, 0.29) is 12.2 Å². The molecule has 3 aromatic rings.